The van der Waals surface area contributed by atoms with E-state index in [1.807, 2.05) is 0 Å². The summed E-state index contributed by atoms with van der Waals surface area (Å²) in [5.74, 6) is -0.662. The summed E-state index contributed by atoms with van der Waals surface area (Å²) in [7, 11) is 0. The molecule has 3 rings (SSSR count). The van der Waals surface area contributed by atoms with E-state index in [2.05, 4.69) is 15.2 Å². The summed E-state index contributed by atoms with van der Waals surface area (Å²) in [6.45, 7) is -0.767. The first-order chi connectivity index (χ1) is 13.9. The average Bonchev–Trinajstić information content (AvgIpc) is 3.09. The zero-order valence-electron chi connectivity index (χ0n) is 15.4. The number of carbonyl (C=O) groups excluding carboxylic acids is 1. The molecule has 6 nitrogen and oxygen atoms in total. The molecule has 0 bridgehead atoms. The second-order valence-corrected chi connectivity index (χ2v) is 5.96. The summed E-state index contributed by atoms with van der Waals surface area (Å²) in [4.78, 5) is 12.5. The lowest BCUT2D eigenvalue weighted by Gasteiger charge is -2.12. The van der Waals surface area contributed by atoms with E-state index < -0.39 is 12.5 Å². The molecule has 1 amide bonds. The molecule has 9 heteroatoms. The Labute approximate surface area is 164 Å². The summed E-state index contributed by atoms with van der Waals surface area (Å²) in [6.07, 6.45) is 1.64. The number of rotatable bonds is 8. The van der Waals surface area contributed by atoms with Crippen LogP contribution < -0.4 is 14.8 Å². The maximum absolute atomic E-state index is 13.3. The van der Waals surface area contributed by atoms with Gasteiger partial charge in [0.25, 0.3) is 5.91 Å². The predicted octanol–water partition coefficient (Wildman–Crippen LogP) is 4.32. The van der Waals surface area contributed by atoms with Gasteiger partial charge in [-0.25, -0.2) is 4.39 Å². The van der Waals surface area contributed by atoms with Crippen molar-refractivity contribution in [2.45, 2.75) is 20.1 Å². The molecule has 1 heterocycles. The van der Waals surface area contributed by atoms with Gasteiger partial charge >= 0.3 is 6.61 Å². The number of halogens is 3. The SMILES string of the molecule is CCOc1cc(C(=O)Nc2ccn(Cc3cccc(F)c3)n2)ccc1OC(F)F. The number of ether oxygens (including phenoxy) is 2. The summed E-state index contributed by atoms with van der Waals surface area (Å²) in [5, 5.41) is 6.84. The van der Waals surface area contributed by atoms with Gasteiger partial charge in [-0.1, -0.05) is 12.1 Å². The third-order valence-corrected chi connectivity index (χ3v) is 3.84. The topological polar surface area (TPSA) is 65.4 Å². The Balaban J connectivity index is 1.70. The fraction of sp³-hybridized carbons (Fsp3) is 0.200. The van der Waals surface area contributed by atoms with E-state index in [4.69, 9.17) is 4.74 Å². The van der Waals surface area contributed by atoms with Crippen molar-refractivity contribution in [2.24, 2.45) is 0 Å². The van der Waals surface area contributed by atoms with Crippen LogP contribution in [0.5, 0.6) is 11.5 Å². The first-order valence-electron chi connectivity index (χ1n) is 8.75. The van der Waals surface area contributed by atoms with E-state index in [0.29, 0.717) is 6.54 Å². The molecule has 1 aromatic heterocycles. The molecule has 0 saturated heterocycles. The van der Waals surface area contributed by atoms with E-state index in [1.54, 1.807) is 36.0 Å². The van der Waals surface area contributed by atoms with Gasteiger partial charge in [0.05, 0.1) is 13.2 Å². The van der Waals surface area contributed by atoms with Crippen LogP contribution in [0.1, 0.15) is 22.8 Å². The largest absolute Gasteiger partial charge is 0.490 e. The molecule has 152 valence electrons. The van der Waals surface area contributed by atoms with Crippen molar-refractivity contribution >= 4 is 11.7 Å². The number of anilines is 1. The second kappa shape index (κ2) is 9.13. The normalized spacial score (nSPS) is 10.8. The molecule has 0 saturated carbocycles. The summed E-state index contributed by atoms with van der Waals surface area (Å²) < 4.78 is 49.4. The smallest absolute Gasteiger partial charge is 0.387 e. The molecule has 0 aliphatic heterocycles. The molecule has 0 fully saturated rings. The zero-order valence-corrected chi connectivity index (χ0v) is 15.4. The van der Waals surface area contributed by atoms with Gasteiger partial charge in [-0.3, -0.25) is 9.48 Å². The highest BCUT2D eigenvalue weighted by Gasteiger charge is 2.15. The number of benzene rings is 2. The lowest BCUT2D eigenvalue weighted by Crippen LogP contribution is -2.13. The molecule has 0 spiro atoms. The third-order valence-electron chi connectivity index (χ3n) is 3.84. The summed E-state index contributed by atoms with van der Waals surface area (Å²) in [5.41, 5.74) is 0.914. The number of hydrogen-bond donors (Lipinski definition) is 1. The Bertz CT molecular complexity index is 992. The number of aromatic nitrogens is 2. The van der Waals surface area contributed by atoms with Crippen molar-refractivity contribution in [1.29, 1.82) is 0 Å². The minimum absolute atomic E-state index is 0.0390. The van der Waals surface area contributed by atoms with Gasteiger partial charge in [0.2, 0.25) is 0 Å². The van der Waals surface area contributed by atoms with E-state index >= 15 is 0 Å². The highest BCUT2D eigenvalue weighted by atomic mass is 19.3. The molecular formula is C20H18F3N3O3. The Morgan fingerprint density at radius 2 is 2.00 bits per heavy atom. The Kier molecular flexibility index (Phi) is 6.38. The Morgan fingerprint density at radius 1 is 1.17 bits per heavy atom. The molecule has 0 aliphatic carbocycles. The van der Waals surface area contributed by atoms with E-state index in [0.717, 1.165) is 5.56 Å². The number of hydrogen-bond acceptors (Lipinski definition) is 4. The molecule has 1 N–H and O–H groups in total. The van der Waals surface area contributed by atoms with Gasteiger partial charge in [-0.15, -0.1) is 0 Å². The number of nitrogens with one attached hydrogen (secondary N) is 1. The molecule has 0 atom stereocenters. The molecule has 2 aromatic carbocycles. The Hall–Kier alpha value is -3.49. The van der Waals surface area contributed by atoms with Crippen LogP contribution in [0, 0.1) is 5.82 Å². The number of alkyl halides is 2. The van der Waals surface area contributed by atoms with Gasteiger partial charge in [-0.2, -0.15) is 13.9 Å². The van der Waals surface area contributed by atoms with Crippen molar-refractivity contribution in [1.82, 2.24) is 9.78 Å². The zero-order chi connectivity index (χ0) is 20.8. The molecular weight excluding hydrogens is 387 g/mol. The average molecular weight is 405 g/mol. The molecule has 29 heavy (non-hydrogen) atoms. The lowest BCUT2D eigenvalue weighted by atomic mass is 10.2. The first kappa shape index (κ1) is 20.2. The highest BCUT2D eigenvalue weighted by Crippen LogP contribution is 2.30. The van der Waals surface area contributed by atoms with Gasteiger partial charge < -0.3 is 14.8 Å². The van der Waals surface area contributed by atoms with Crippen LogP contribution in [0.4, 0.5) is 19.0 Å². The first-order valence-corrected chi connectivity index (χ1v) is 8.75. The van der Waals surface area contributed by atoms with E-state index in [9.17, 15) is 18.0 Å². The van der Waals surface area contributed by atoms with Crippen LogP contribution in [-0.2, 0) is 6.54 Å². The molecule has 0 aliphatic rings. The fourth-order valence-electron chi connectivity index (χ4n) is 2.64. The van der Waals surface area contributed by atoms with Crippen molar-refractivity contribution in [3.8, 4) is 11.5 Å². The van der Waals surface area contributed by atoms with E-state index in [1.165, 1.54) is 30.3 Å². The minimum atomic E-state index is -3.00. The van der Waals surface area contributed by atoms with Crippen LogP contribution in [-0.4, -0.2) is 28.9 Å². The van der Waals surface area contributed by atoms with Crippen molar-refractivity contribution in [3.05, 3.63) is 71.7 Å². The molecule has 0 radical (unpaired) electrons. The van der Waals surface area contributed by atoms with Gasteiger partial charge in [-0.05, 0) is 42.8 Å². The van der Waals surface area contributed by atoms with Crippen LogP contribution in [0.2, 0.25) is 0 Å². The third kappa shape index (κ3) is 5.50. The summed E-state index contributed by atoms with van der Waals surface area (Å²) in [6, 6.07) is 11.6. The lowest BCUT2D eigenvalue weighted by molar-refractivity contribution is -0.0514. The highest BCUT2D eigenvalue weighted by molar-refractivity contribution is 6.04. The fourth-order valence-corrected chi connectivity index (χ4v) is 2.64. The van der Waals surface area contributed by atoms with Crippen molar-refractivity contribution < 1.29 is 27.4 Å². The van der Waals surface area contributed by atoms with Crippen molar-refractivity contribution in [2.75, 3.05) is 11.9 Å². The van der Waals surface area contributed by atoms with Gasteiger partial charge in [0.15, 0.2) is 17.3 Å². The summed E-state index contributed by atoms with van der Waals surface area (Å²) >= 11 is 0. The maximum Gasteiger partial charge on any atom is 0.387 e. The van der Waals surface area contributed by atoms with Crippen LogP contribution in [0.25, 0.3) is 0 Å². The molecule has 0 unspecified atom stereocenters. The van der Waals surface area contributed by atoms with Gasteiger partial charge in [0, 0.05) is 17.8 Å². The minimum Gasteiger partial charge on any atom is -0.490 e. The molecule has 3 aromatic rings. The van der Waals surface area contributed by atoms with Crippen LogP contribution >= 0.6 is 0 Å². The van der Waals surface area contributed by atoms with Crippen LogP contribution in [0.3, 0.4) is 0 Å². The second-order valence-electron chi connectivity index (χ2n) is 5.96. The Morgan fingerprint density at radius 3 is 2.72 bits per heavy atom. The quantitative estimate of drug-likeness (QED) is 0.606. The number of amides is 1. The van der Waals surface area contributed by atoms with E-state index in [-0.39, 0.29) is 35.3 Å². The number of carbonyl (C=O) groups is 1. The van der Waals surface area contributed by atoms with Crippen molar-refractivity contribution in [3.63, 3.8) is 0 Å². The predicted molar refractivity (Wildman–Crippen MR) is 99.9 cm³/mol. The monoisotopic (exact) mass is 405 g/mol. The van der Waals surface area contributed by atoms with Crippen LogP contribution in [0.15, 0.2) is 54.7 Å². The maximum atomic E-state index is 13.3. The standard InChI is InChI=1S/C20H18F3N3O3/c1-2-28-17-11-14(6-7-16(17)29-20(22)23)19(27)24-18-8-9-26(25-18)12-13-4-3-5-15(21)10-13/h3-11,20H,2,12H2,1H3,(H,24,25,27). The van der Waals surface area contributed by atoms with Gasteiger partial charge in [0.1, 0.15) is 5.82 Å². The number of nitrogens with zero attached hydrogens (tertiary/aromatic N) is 2.